The molecular formula is C36H35N5O3. The fourth-order valence-corrected chi connectivity index (χ4v) is 6.72. The van der Waals surface area contributed by atoms with E-state index in [1.165, 1.54) is 17.5 Å². The Balaban J connectivity index is 1.17. The van der Waals surface area contributed by atoms with Crippen molar-refractivity contribution in [1.29, 1.82) is 5.26 Å². The Labute approximate surface area is 257 Å². The molecule has 2 aliphatic rings. The van der Waals surface area contributed by atoms with Crippen LogP contribution in [-0.2, 0) is 14.9 Å². The van der Waals surface area contributed by atoms with Crippen LogP contribution in [-0.4, -0.2) is 47.3 Å². The smallest absolute Gasteiger partial charge is 0.336 e. The molecule has 1 atom stereocenters. The third-order valence-corrected chi connectivity index (χ3v) is 8.92. The molecule has 1 fully saturated rings. The minimum atomic E-state index is -0.537. The molecule has 1 aromatic heterocycles. The Hall–Kier alpha value is -5.00. The summed E-state index contributed by atoms with van der Waals surface area (Å²) >= 11 is 0. The van der Waals surface area contributed by atoms with Crippen molar-refractivity contribution < 1.29 is 13.9 Å². The number of ether oxygens (including phenoxy) is 1. The van der Waals surface area contributed by atoms with Crippen molar-refractivity contribution in [3.05, 3.63) is 136 Å². The highest BCUT2D eigenvalue weighted by Crippen LogP contribution is 2.44. The number of aromatic nitrogens is 2. The molecule has 3 heterocycles. The van der Waals surface area contributed by atoms with E-state index in [1.54, 1.807) is 12.1 Å². The van der Waals surface area contributed by atoms with E-state index >= 15 is 0 Å². The second kappa shape index (κ2) is 12.7. The van der Waals surface area contributed by atoms with Crippen LogP contribution in [0, 0.1) is 11.3 Å². The highest BCUT2D eigenvalue weighted by molar-refractivity contribution is 5.96. The number of hydrogen-bond acceptors (Lipinski definition) is 8. The Morgan fingerprint density at radius 3 is 2.30 bits per heavy atom. The lowest BCUT2D eigenvalue weighted by atomic mass is 9.68. The summed E-state index contributed by atoms with van der Waals surface area (Å²) in [6, 6.07) is 31.0. The number of benzene rings is 3. The number of nitrogens with zero attached hydrogens (tertiary/aromatic N) is 4. The third-order valence-electron chi connectivity index (χ3n) is 8.92. The van der Waals surface area contributed by atoms with E-state index in [2.05, 4.69) is 87.1 Å². The zero-order valence-electron chi connectivity index (χ0n) is 25.0. The predicted molar refractivity (Wildman–Crippen MR) is 167 cm³/mol. The fraction of sp³-hybridized carbons (Fsp3) is 0.278. The first kappa shape index (κ1) is 29.1. The van der Waals surface area contributed by atoms with Crippen LogP contribution in [0.2, 0.25) is 0 Å². The molecule has 0 bridgehead atoms. The normalized spacial score (nSPS) is 18.4. The first-order valence-electron chi connectivity index (χ1n) is 15.0. The van der Waals surface area contributed by atoms with Crippen molar-refractivity contribution in [3.63, 3.8) is 0 Å². The third kappa shape index (κ3) is 5.67. The van der Waals surface area contributed by atoms with Crippen molar-refractivity contribution in [1.82, 2.24) is 20.4 Å². The highest BCUT2D eigenvalue weighted by Gasteiger charge is 2.39. The molecule has 1 N–H and O–H groups in total. The van der Waals surface area contributed by atoms with Gasteiger partial charge in [-0.25, -0.2) is 4.79 Å². The summed E-state index contributed by atoms with van der Waals surface area (Å²) in [5, 5.41) is 20.9. The van der Waals surface area contributed by atoms with Crippen molar-refractivity contribution in [3.8, 4) is 6.07 Å². The van der Waals surface area contributed by atoms with Gasteiger partial charge in [-0.1, -0.05) is 72.8 Å². The number of esters is 1. The van der Waals surface area contributed by atoms with Gasteiger partial charge in [0.15, 0.2) is 0 Å². The van der Waals surface area contributed by atoms with Crippen LogP contribution in [0.5, 0.6) is 0 Å². The van der Waals surface area contributed by atoms with Crippen LogP contribution in [0.15, 0.2) is 113 Å². The number of carbonyl (C=O) groups excluding carboxylic acids is 1. The number of piperidine rings is 1. The molecule has 0 amide bonds. The second-order valence-electron chi connectivity index (χ2n) is 11.4. The summed E-state index contributed by atoms with van der Waals surface area (Å²) in [5.41, 5.74) is 6.56. The predicted octanol–water partition coefficient (Wildman–Crippen LogP) is 5.96. The summed E-state index contributed by atoms with van der Waals surface area (Å²) < 4.78 is 11.5. The topological polar surface area (TPSA) is 104 Å². The monoisotopic (exact) mass is 585 g/mol. The molecule has 8 heteroatoms. The minimum Gasteiger partial charge on any atom is -0.461 e. The summed E-state index contributed by atoms with van der Waals surface area (Å²) in [5.74, 6) is -0.634. The van der Waals surface area contributed by atoms with Gasteiger partial charge in [0.05, 0.1) is 23.1 Å². The summed E-state index contributed by atoms with van der Waals surface area (Å²) in [6.07, 6.45) is 3.24. The number of nitriles is 1. The van der Waals surface area contributed by atoms with Gasteiger partial charge in [-0.3, -0.25) is 4.90 Å². The molecule has 1 saturated heterocycles. The fourth-order valence-electron chi connectivity index (χ4n) is 6.72. The molecule has 1 unspecified atom stereocenters. The van der Waals surface area contributed by atoms with E-state index in [9.17, 15) is 10.1 Å². The van der Waals surface area contributed by atoms with Crippen molar-refractivity contribution in [2.75, 3.05) is 26.2 Å². The summed E-state index contributed by atoms with van der Waals surface area (Å²) in [4.78, 5) is 16.2. The maximum absolute atomic E-state index is 13.8. The quantitative estimate of drug-likeness (QED) is 0.253. The number of dihydropyridines is 1. The summed E-state index contributed by atoms with van der Waals surface area (Å²) in [6.45, 7) is 6.49. The lowest BCUT2D eigenvalue weighted by Gasteiger charge is -2.43. The molecule has 44 heavy (non-hydrogen) atoms. The maximum atomic E-state index is 13.8. The van der Waals surface area contributed by atoms with Gasteiger partial charge in [-0.2, -0.15) is 5.26 Å². The van der Waals surface area contributed by atoms with Gasteiger partial charge in [0, 0.05) is 28.9 Å². The lowest BCUT2D eigenvalue weighted by molar-refractivity contribution is -0.139. The van der Waals surface area contributed by atoms with Gasteiger partial charge in [0.2, 0.25) is 12.3 Å². The van der Waals surface area contributed by atoms with Gasteiger partial charge in [0.1, 0.15) is 6.61 Å². The number of hydrogen-bond donors (Lipinski definition) is 1. The zero-order chi connectivity index (χ0) is 30.5. The SMILES string of the molecule is CC1=C(C(=O)OCCN2CCC(c3ccccc3)(c3ccccc3)CC2)C(c2cccc(C#N)c2)C(c2nnco2)=C(C)N1. The molecule has 8 nitrogen and oxygen atoms in total. The van der Waals surface area contributed by atoms with Crippen LogP contribution in [0.3, 0.4) is 0 Å². The lowest BCUT2D eigenvalue weighted by Crippen LogP contribution is -2.44. The summed E-state index contributed by atoms with van der Waals surface area (Å²) in [7, 11) is 0. The second-order valence-corrected chi connectivity index (χ2v) is 11.4. The number of allylic oxidation sites excluding steroid dienone is 3. The van der Waals surface area contributed by atoms with E-state index in [1.807, 2.05) is 26.0 Å². The number of nitrogens with one attached hydrogen (secondary N) is 1. The van der Waals surface area contributed by atoms with Gasteiger partial charge >= 0.3 is 5.97 Å². The van der Waals surface area contributed by atoms with Crippen LogP contribution in [0.1, 0.15) is 60.8 Å². The van der Waals surface area contributed by atoms with Crippen LogP contribution in [0.25, 0.3) is 5.57 Å². The Bertz CT molecular complexity index is 1670. The van der Waals surface area contributed by atoms with E-state index in [0.29, 0.717) is 34.8 Å². The van der Waals surface area contributed by atoms with Gasteiger partial charge in [0.25, 0.3) is 0 Å². The average Bonchev–Trinajstić information content (AvgIpc) is 3.60. The van der Waals surface area contributed by atoms with E-state index in [-0.39, 0.29) is 12.0 Å². The van der Waals surface area contributed by atoms with Gasteiger partial charge < -0.3 is 14.5 Å². The molecule has 222 valence electrons. The number of carbonyl (C=O) groups is 1. The first-order valence-corrected chi connectivity index (χ1v) is 15.0. The Morgan fingerprint density at radius 1 is 1.00 bits per heavy atom. The molecule has 6 rings (SSSR count). The molecule has 0 aliphatic carbocycles. The molecule has 0 spiro atoms. The molecule has 2 aliphatic heterocycles. The maximum Gasteiger partial charge on any atom is 0.336 e. The van der Waals surface area contributed by atoms with Crippen molar-refractivity contribution in [2.24, 2.45) is 0 Å². The van der Waals surface area contributed by atoms with E-state index in [4.69, 9.17) is 9.15 Å². The number of likely N-dealkylation sites (tertiary alicyclic amines) is 1. The average molecular weight is 586 g/mol. The van der Waals surface area contributed by atoms with Gasteiger partial charge in [-0.05, 0) is 68.6 Å². The number of rotatable bonds is 8. The van der Waals surface area contributed by atoms with Crippen molar-refractivity contribution in [2.45, 2.75) is 38.0 Å². The molecule has 0 radical (unpaired) electrons. The Kier molecular flexibility index (Phi) is 8.40. The molecule has 4 aromatic rings. The first-order chi connectivity index (χ1) is 21.5. The molecular weight excluding hydrogens is 550 g/mol. The van der Waals surface area contributed by atoms with Crippen LogP contribution < -0.4 is 5.32 Å². The van der Waals surface area contributed by atoms with Crippen molar-refractivity contribution >= 4 is 11.5 Å². The van der Waals surface area contributed by atoms with Crippen LogP contribution >= 0.6 is 0 Å². The van der Waals surface area contributed by atoms with E-state index in [0.717, 1.165) is 37.2 Å². The van der Waals surface area contributed by atoms with Crippen LogP contribution in [0.4, 0.5) is 0 Å². The standard InChI is InChI=1S/C36H35N5O3/c1-25-31(34-40-38-24-44-34)33(28-11-9-10-27(22-28)23-37)32(26(2)39-25)35(42)43-21-20-41-18-16-36(17-19-41,29-12-5-3-6-13-29)30-14-7-4-8-15-30/h3-15,22,24,33,39H,16-21H2,1-2H3. The highest BCUT2D eigenvalue weighted by atomic mass is 16.5. The Morgan fingerprint density at radius 2 is 1.68 bits per heavy atom. The minimum absolute atomic E-state index is 0.0358. The van der Waals surface area contributed by atoms with E-state index < -0.39 is 11.9 Å². The van der Waals surface area contributed by atoms with Gasteiger partial charge in [-0.15, -0.1) is 10.2 Å². The molecule has 3 aromatic carbocycles. The molecule has 0 saturated carbocycles. The largest absolute Gasteiger partial charge is 0.461 e. The zero-order valence-corrected chi connectivity index (χ0v) is 25.0.